The van der Waals surface area contributed by atoms with Gasteiger partial charge in [0.15, 0.2) is 0 Å². The molecule has 0 aliphatic rings. The molecule has 4 aromatic heterocycles. The zero-order valence-electron chi connectivity index (χ0n) is 30.8. The van der Waals surface area contributed by atoms with E-state index in [-0.39, 0.29) is 0 Å². The van der Waals surface area contributed by atoms with E-state index in [1.165, 1.54) is 65.9 Å². The first kappa shape index (κ1) is 31.9. The first-order chi connectivity index (χ1) is 26.4. The largest absolute Gasteiger partial charge is 0.309 e. The maximum atomic E-state index is 4.68. The van der Waals surface area contributed by atoms with Gasteiger partial charge in [0.05, 0.1) is 22.1 Å². The van der Waals surface area contributed by atoms with Gasteiger partial charge in [-0.25, -0.2) is 0 Å². The smallest absolute Gasteiger partial charge is 0.0541 e. The molecule has 0 bridgehead atoms. The number of fused-ring (bicyclic) bond motifs is 6. The van der Waals surface area contributed by atoms with E-state index < -0.39 is 0 Å². The van der Waals surface area contributed by atoms with E-state index in [1.807, 2.05) is 24.8 Å². The van der Waals surface area contributed by atoms with Gasteiger partial charge in [-0.15, -0.1) is 0 Å². The molecule has 258 valence electrons. The number of aromatic nitrogens is 4. The van der Waals surface area contributed by atoms with E-state index in [0.717, 1.165) is 44.8 Å². The van der Waals surface area contributed by atoms with E-state index in [2.05, 4.69) is 180 Å². The van der Waals surface area contributed by atoms with Crippen LogP contribution in [0.25, 0.3) is 88.4 Å². The molecule has 10 rings (SSSR count). The van der Waals surface area contributed by atoms with Gasteiger partial charge < -0.3 is 9.13 Å². The molecule has 0 unspecified atom stereocenters. The van der Waals surface area contributed by atoms with Crippen LogP contribution in [0.2, 0.25) is 0 Å². The second kappa shape index (κ2) is 12.4. The highest BCUT2D eigenvalue weighted by Gasteiger charge is 2.15. The molecule has 0 spiro atoms. The van der Waals surface area contributed by atoms with Crippen LogP contribution < -0.4 is 0 Å². The molecule has 10 aromatic rings. The summed E-state index contributed by atoms with van der Waals surface area (Å²) in [5.41, 5.74) is 18.7. The third-order valence-electron chi connectivity index (χ3n) is 10.9. The molecule has 6 aromatic carbocycles. The fraction of sp³-hybridized carbons (Fsp3) is 0.0800. The number of rotatable bonds is 5. The van der Waals surface area contributed by atoms with Crippen molar-refractivity contribution in [2.45, 2.75) is 27.7 Å². The fourth-order valence-corrected chi connectivity index (χ4v) is 8.18. The molecular weight excluding hydrogens is 657 g/mol. The van der Waals surface area contributed by atoms with Crippen LogP contribution in [0, 0.1) is 27.7 Å². The van der Waals surface area contributed by atoms with Crippen LogP contribution in [0.3, 0.4) is 0 Å². The van der Waals surface area contributed by atoms with Gasteiger partial charge in [-0.05, 0) is 124 Å². The second-order valence-corrected chi connectivity index (χ2v) is 14.8. The average molecular weight is 695 g/mol. The van der Waals surface area contributed by atoms with Crippen molar-refractivity contribution in [3.63, 3.8) is 0 Å². The Balaban J connectivity index is 0.961. The molecule has 54 heavy (non-hydrogen) atoms. The lowest BCUT2D eigenvalue weighted by Crippen LogP contribution is -1.94. The molecule has 0 aliphatic heterocycles. The van der Waals surface area contributed by atoms with Gasteiger partial charge in [-0.3, -0.25) is 9.97 Å². The second-order valence-electron chi connectivity index (χ2n) is 14.8. The van der Waals surface area contributed by atoms with E-state index in [9.17, 15) is 0 Å². The maximum absolute atomic E-state index is 4.68. The maximum Gasteiger partial charge on any atom is 0.0541 e. The minimum absolute atomic E-state index is 1.03. The summed E-state index contributed by atoms with van der Waals surface area (Å²) in [6.07, 6.45) is 7.74. The van der Waals surface area contributed by atoms with Crippen molar-refractivity contribution >= 4 is 43.6 Å². The number of benzene rings is 6. The zero-order valence-corrected chi connectivity index (χ0v) is 30.8. The molecule has 0 aliphatic carbocycles. The Morgan fingerprint density at radius 2 is 0.574 bits per heavy atom. The molecule has 4 heteroatoms. The van der Waals surface area contributed by atoms with E-state index in [0.29, 0.717) is 0 Å². The quantitative estimate of drug-likeness (QED) is 0.180. The van der Waals surface area contributed by atoms with Gasteiger partial charge in [0, 0.05) is 80.0 Å². The molecule has 0 fully saturated rings. The van der Waals surface area contributed by atoms with Crippen LogP contribution in [0.4, 0.5) is 0 Å². The van der Waals surface area contributed by atoms with Crippen molar-refractivity contribution in [2.24, 2.45) is 0 Å². The molecule has 0 N–H and O–H groups in total. The molecule has 0 radical (unpaired) electrons. The molecular formula is C50H38N4. The summed E-state index contributed by atoms with van der Waals surface area (Å²) in [5.74, 6) is 0. The van der Waals surface area contributed by atoms with Gasteiger partial charge in [0.2, 0.25) is 0 Å². The first-order valence-electron chi connectivity index (χ1n) is 18.5. The Morgan fingerprint density at radius 1 is 0.296 bits per heavy atom. The third-order valence-corrected chi connectivity index (χ3v) is 10.9. The average Bonchev–Trinajstić information content (AvgIpc) is 3.69. The first-order valence-corrected chi connectivity index (χ1v) is 18.5. The van der Waals surface area contributed by atoms with Crippen LogP contribution in [0.1, 0.15) is 22.3 Å². The molecule has 0 amide bonds. The number of nitrogens with zero attached hydrogens (tertiary/aromatic N) is 4. The van der Waals surface area contributed by atoms with Crippen molar-refractivity contribution in [1.29, 1.82) is 0 Å². The monoisotopic (exact) mass is 694 g/mol. The van der Waals surface area contributed by atoms with Gasteiger partial charge in [0.1, 0.15) is 0 Å². The normalized spacial score (nSPS) is 11.7. The van der Waals surface area contributed by atoms with Crippen LogP contribution in [-0.2, 0) is 0 Å². The van der Waals surface area contributed by atoms with Crippen LogP contribution >= 0.6 is 0 Å². The number of hydrogen-bond donors (Lipinski definition) is 0. The number of aryl methyl sites for hydroxylation is 4. The lowest BCUT2D eigenvalue weighted by atomic mass is 10.00. The van der Waals surface area contributed by atoms with Gasteiger partial charge >= 0.3 is 0 Å². The lowest BCUT2D eigenvalue weighted by Gasteiger charge is -2.11. The topological polar surface area (TPSA) is 35.6 Å². The summed E-state index contributed by atoms with van der Waals surface area (Å²) in [6.45, 7) is 8.64. The summed E-state index contributed by atoms with van der Waals surface area (Å²) >= 11 is 0. The summed E-state index contributed by atoms with van der Waals surface area (Å²) in [4.78, 5) is 9.35. The Hall–Kier alpha value is -6.78. The predicted octanol–water partition coefficient (Wildman–Crippen LogP) is 12.9. The van der Waals surface area contributed by atoms with Crippen LogP contribution in [0.5, 0.6) is 0 Å². The highest BCUT2D eigenvalue weighted by Crippen LogP contribution is 2.36. The molecule has 0 saturated heterocycles. The Kier molecular flexibility index (Phi) is 7.34. The summed E-state index contributed by atoms with van der Waals surface area (Å²) in [5, 5.41) is 5.15. The predicted molar refractivity (Wildman–Crippen MR) is 226 cm³/mol. The van der Waals surface area contributed by atoms with Crippen LogP contribution in [0.15, 0.2) is 158 Å². The highest BCUT2D eigenvalue weighted by atomic mass is 15.0. The highest BCUT2D eigenvalue weighted by molar-refractivity contribution is 6.10. The molecule has 0 saturated carbocycles. The Labute approximate surface area is 314 Å². The molecule has 0 atom stereocenters. The van der Waals surface area contributed by atoms with E-state index >= 15 is 0 Å². The van der Waals surface area contributed by atoms with Crippen molar-refractivity contribution in [1.82, 2.24) is 19.1 Å². The Morgan fingerprint density at radius 3 is 0.870 bits per heavy atom. The molecule has 4 heterocycles. The standard InChI is InChI=1S/C50H38N4/c1-31-5-17-47-43(21-31)44-22-32(2)6-18-48(44)53(47)41-13-9-35(10-14-41)37-25-39(29-51-27-37)40-26-38(28-52-30-40)36-11-15-42(16-12-36)54-49-19-7-33(3)23-45(49)46-24-34(4)8-20-50(46)54/h5-30H,1-4H3. The summed E-state index contributed by atoms with van der Waals surface area (Å²) in [6, 6.07) is 49.0. The minimum atomic E-state index is 1.03. The zero-order chi connectivity index (χ0) is 36.5. The van der Waals surface area contributed by atoms with Gasteiger partial charge in [-0.2, -0.15) is 0 Å². The molecule has 4 nitrogen and oxygen atoms in total. The van der Waals surface area contributed by atoms with E-state index in [4.69, 9.17) is 0 Å². The fourth-order valence-electron chi connectivity index (χ4n) is 8.18. The van der Waals surface area contributed by atoms with Crippen LogP contribution in [-0.4, -0.2) is 19.1 Å². The van der Waals surface area contributed by atoms with Crippen molar-refractivity contribution in [3.05, 3.63) is 181 Å². The summed E-state index contributed by atoms with van der Waals surface area (Å²) < 4.78 is 4.74. The SMILES string of the molecule is Cc1ccc2c(c1)c1cc(C)ccc1n2-c1ccc(-c2cncc(-c3cncc(-c4ccc(-n5c6ccc(C)cc6c6cc(C)ccc65)cc4)c3)c2)cc1. The minimum Gasteiger partial charge on any atom is -0.309 e. The summed E-state index contributed by atoms with van der Waals surface area (Å²) in [7, 11) is 0. The Bertz CT molecular complexity index is 2740. The van der Waals surface area contributed by atoms with Crippen molar-refractivity contribution < 1.29 is 0 Å². The van der Waals surface area contributed by atoms with Crippen molar-refractivity contribution in [3.8, 4) is 44.8 Å². The third kappa shape index (κ3) is 5.30. The number of pyridine rings is 2. The van der Waals surface area contributed by atoms with Crippen molar-refractivity contribution in [2.75, 3.05) is 0 Å². The van der Waals surface area contributed by atoms with E-state index in [1.54, 1.807) is 0 Å². The van der Waals surface area contributed by atoms with Gasteiger partial charge in [0.25, 0.3) is 0 Å². The van der Waals surface area contributed by atoms with Gasteiger partial charge in [-0.1, -0.05) is 70.8 Å². The number of hydrogen-bond acceptors (Lipinski definition) is 2. The lowest BCUT2D eigenvalue weighted by molar-refractivity contribution is 1.18.